The minimum Gasteiger partial charge on any atom is -0.482 e. The Balaban J connectivity index is 2.21. The van der Waals surface area contributed by atoms with E-state index in [-0.39, 0.29) is 12.4 Å². The van der Waals surface area contributed by atoms with Gasteiger partial charge in [-0.2, -0.15) is 0 Å². The first-order chi connectivity index (χ1) is 8.65. The predicted octanol–water partition coefficient (Wildman–Crippen LogP) is 2.96. The van der Waals surface area contributed by atoms with Crippen LogP contribution >= 0.6 is 0 Å². The van der Waals surface area contributed by atoms with E-state index in [1.807, 2.05) is 6.07 Å². The lowest BCUT2D eigenvalue weighted by Gasteiger charge is -2.06. The Kier molecular flexibility index (Phi) is 3.57. The van der Waals surface area contributed by atoms with E-state index in [0.717, 1.165) is 11.1 Å². The van der Waals surface area contributed by atoms with Crippen molar-refractivity contribution in [1.29, 1.82) is 0 Å². The molecule has 0 heterocycles. The van der Waals surface area contributed by atoms with Crippen LogP contribution in [0.25, 0.3) is 11.1 Å². The lowest BCUT2D eigenvalue weighted by molar-refractivity contribution is -0.139. The number of benzene rings is 2. The van der Waals surface area contributed by atoms with Gasteiger partial charge in [0.05, 0.1) is 0 Å². The second-order valence-electron chi connectivity index (χ2n) is 3.72. The van der Waals surface area contributed by atoms with Crippen molar-refractivity contribution < 1.29 is 19.0 Å². The maximum atomic E-state index is 12.8. The van der Waals surface area contributed by atoms with Gasteiger partial charge in [0.15, 0.2) is 6.61 Å². The molecule has 18 heavy (non-hydrogen) atoms. The van der Waals surface area contributed by atoms with Gasteiger partial charge in [-0.3, -0.25) is 0 Å². The van der Waals surface area contributed by atoms with Crippen LogP contribution in [0.2, 0.25) is 0 Å². The molecule has 0 aromatic heterocycles. The molecule has 2 aromatic carbocycles. The van der Waals surface area contributed by atoms with Crippen molar-refractivity contribution in [2.24, 2.45) is 0 Å². The Bertz CT molecular complexity index is 549. The molecule has 0 aliphatic rings. The highest BCUT2D eigenvalue weighted by atomic mass is 19.1. The summed E-state index contributed by atoms with van der Waals surface area (Å²) in [5.41, 5.74) is 1.69. The summed E-state index contributed by atoms with van der Waals surface area (Å²) in [5.74, 6) is -0.849. The second-order valence-corrected chi connectivity index (χ2v) is 3.72. The molecule has 4 heteroatoms. The third-order valence-corrected chi connectivity index (χ3v) is 2.37. The molecule has 2 rings (SSSR count). The Morgan fingerprint density at radius 1 is 1.11 bits per heavy atom. The molecular weight excluding hydrogens is 235 g/mol. The van der Waals surface area contributed by atoms with Gasteiger partial charge in [-0.25, -0.2) is 9.18 Å². The van der Waals surface area contributed by atoms with E-state index >= 15 is 0 Å². The van der Waals surface area contributed by atoms with E-state index in [1.54, 1.807) is 30.3 Å². The Morgan fingerprint density at radius 3 is 2.50 bits per heavy atom. The van der Waals surface area contributed by atoms with Crippen molar-refractivity contribution in [1.82, 2.24) is 0 Å². The van der Waals surface area contributed by atoms with Crippen LogP contribution in [-0.2, 0) is 4.79 Å². The van der Waals surface area contributed by atoms with Crippen LogP contribution in [0, 0.1) is 5.82 Å². The lowest BCUT2D eigenvalue weighted by Crippen LogP contribution is -2.09. The smallest absolute Gasteiger partial charge is 0.341 e. The average molecular weight is 246 g/mol. The summed E-state index contributed by atoms with van der Waals surface area (Å²) in [6.07, 6.45) is 0. The zero-order valence-corrected chi connectivity index (χ0v) is 9.47. The van der Waals surface area contributed by atoms with Crippen LogP contribution in [-0.4, -0.2) is 17.7 Å². The van der Waals surface area contributed by atoms with Crippen LogP contribution in [0.1, 0.15) is 0 Å². The van der Waals surface area contributed by atoms with Gasteiger partial charge in [0.25, 0.3) is 0 Å². The second kappa shape index (κ2) is 5.31. The highest BCUT2D eigenvalue weighted by Crippen LogP contribution is 2.23. The quantitative estimate of drug-likeness (QED) is 0.902. The first-order valence-electron chi connectivity index (χ1n) is 5.36. The molecule has 0 bridgehead atoms. The molecule has 0 saturated carbocycles. The van der Waals surface area contributed by atoms with Crippen molar-refractivity contribution in [2.75, 3.05) is 6.61 Å². The van der Waals surface area contributed by atoms with Crippen LogP contribution in [0.15, 0.2) is 48.5 Å². The van der Waals surface area contributed by atoms with E-state index in [4.69, 9.17) is 9.84 Å². The summed E-state index contributed by atoms with van der Waals surface area (Å²) in [6, 6.07) is 13.1. The monoisotopic (exact) mass is 246 g/mol. The number of carboxylic acid groups (broad SMARTS) is 1. The molecule has 92 valence electrons. The number of carbonyl (C=O) groups is 1. The Hall–Kier alpha value is -2.36. The number of ether oxygens (including phenoxy) is 1. The largest absolute Gasteiger partial charge is 0.482 e. The number of hydrogen-bond acceptors (Lipinski definition) is 2. The summed E-state index contributed by atoms with van der Waals surface area (Å²) < 4.78 is 17.9. The first-order valence-corrected chi connectivity index (χ1v) is 5.36. The Labute approximate surface area is 103 Å². The molecule has 0 unspecified atom stereocenters. The zero-order valence-electron chi connectivity index (χ0n) is 9.47. The maximum Gasteiger partial charge on any atom is 0.341 e. The predicted molar refractivity (Wildman–Crippen MR) is 65.0 cm³/mol. The van der Waals surface area contributed by atoms with Crippen molar-refractivity contribution in [3.8, 4) is 16.9 Å². The zero-order chi connectivity index (χ0) is 13.0. The summed E-state index contributed by atoms with van der Waals surface area (Å²) >= 11 is 0. The van der Waals surface area contributed by atoms with E-state index in [2.05, 4.69) is 0 Å². The third kappa shape index (κ3) is 3.07. The van der Waals surface area contributed by atoms with Crippen molar-refractivity contribution >= 4 is 5.97 Å². The molecule has 0 radical (unpaired) electrons. The van der Waals surface area contributed by atoms with E-state index in [0.29, 0.717) is 5.75 Å². The van der Waals surface area contributed by atoms with E-state index in [1.165, 1.54) is 12.1 Å². The average Bonchev–Trinajstić information content (AvgIpc) is 2.37. The summed E-state index contributed by atoms with van der Waals surface area (Å²) in [5, 5.41) is 8.52. The van der Waals surface area contributed by atoms with Gasteiger partial charge in [0, 0.05) is 0 Å². The molecule has 0 atom stereocenters. The topological polar surface area (TPSA) is 46.5 Å². The molecule has 0 aliphatic carbocycles. The van der Waals surface area contributed by atoms with Crippen LogP contribution in [0.3, 0.4) is 0 Å². The van der Waals surface area contributed by atoms with Crippen molar-refractivity contribution in [3.05, 3.63) is 54.3 Å². The maximum absolute atomic E-state index is 12.8. The van der Waals surface area contributed by atoms with Crippen LogP contribution in [0.4, 0.5) is 4.39 Å². The number of halogens is 1. The van der Waals surface area contributed by atoms with Crippen LogP contribution in [0.5, 0.6) is 5.75 Å². The van der Waals surface area contributed by atoms with Gasteiger partial charge >= 0.3 is 5.97 Å². The molecule has 0 fully saturated rings. The minimum atomic E-state index is -1.03. The highest BCUT2D eigenvalue weighted by Gasteiger charge is 2.02. The third-order valence-electron chi connectivity index (χ3n) is 2.37. The highest BCUT2D eigenvalue weighted by molar-refractivity contribution is 5.69. The van der Waals surface area contributed by atoms with Gasteiger partial charge in [0.2, 0.25) is 0 Å². The molecular formula is C14H11FO3. The van der Waals surface area contributed by atoms with Gasteiger partial charge in [0.1, 0.15) is 11.6 Å². The molecule has 0 aliphatic heterocycles. The fourth-order valence-electron chi connectivity index (χ4n) is 1.55. The Morgan fingerprint density at radius 2 is 1.83 bits per heavy atom. The van der Waals surface area contributed by atoms with Gasteiger partial charge in [-0.15, -0.1) is 0 Å². The summed E-state index contributed by atoms with van der Waals surface area (Å²) in [7, 11) is 0. The van der Waals surface area contributed by atoms with Gasteiger partial charge in [-0.05, 0) is 35.4 Å². The molecule has 3 nitrogen and oxygen atoms in total. The molecule has 1 N–H and O–H groups in total. The number of hydrogen-bond donors (Lipinski definition) is 1. The van der Waals surface area contributed by atoms with E-state index < -0.39 is 5.97 Å². The van der Waals surface area contributed by atoms with Crippen LogP contribution < -0.4 is 4.74 Å². The fourth-order valence-corrected chi connectivity index (χ4v) is 1.55. The van der Waals surface area contributed by atoms with Gasteiger partial charge < -0.3 is 9.84 Å². The molecule has 0 spiro atoms. The summed E-state index contributed by atoms with van der Waals surface area (Å²) in [6.45, 7) is -0.382. The molecule has 0 amide bonds. The van der Waals surface area contributed by atoms with Crippen molar-refractivity contribution in [2.45, 2.75) is 0 Å². The molecule has 0 saturated heterocycles. The van der Waals surface area contributed by atoms with Gasteiger partial charge in [-0.1, -0.05) is 24.3 Å². The fraction of sp³-hybridized carbons (Fsp3) is 0.0714. The molecule has 2 aromatic rings. The van der Waals surface area contributed by atoms with E-state index in [9.17, 15) is 9.18 Å². The number of aliphatic carboxylic acids is 1. The normalized spacial score (nSPS) is 10.1. The summed E-state index contributed by atoms with van der Waals surface area (Å²) in [4.78, 5) is 10.4. The SMILES string of the molecule is O=C(O)COc1cccc(-c2ccc(F)cc2)c1. The van der Waals surface area contributed by atoms with Crippen molar-refractivity contribution in [3.63, 3.8) is 0 Å². The number of rotatable bonds is 4. The lowest BCUT2D eigenvalue weighted by atomic mass is 10.1. The first kappa shape index (κ1) is 12.1. The minimum absolute atomic E-state index is 0.294. The number of carboxylic acids is 1. The standard InChI is InChI=1S/C14H11FO3/c15-12-6-4-10(5-7-12)11-2-1-3-13(8-11)18-9-14(16)17/h1-8H,9H2,(H,16,17).